The van der Waals surface area contributed by atoms with Crippen molar-refractivity contribution in [1.29, 1.82) is 0 Å². The van der Waals surface area contributed by atoms with Gasteiger partial charge >= 0.3 is 0 Å². The van der Waals surface area contributed by atoms with Crippen molar-refractivity contribution in [2.24, 2.45) is 0 Å². The molecule has 0 aliphatic carbocycles. The van der Waals surface area contributed by atoms with Gasteiger partial charge in [0.05, 0.1) is 15.8 Å². The highest BCUT2D eigenvalue weighted by Gasteiger charge is 2.16. The zero-order valence-electron chi connectivity index (χ0n) is 6.36. The van der Waals surface area contributed by atoms with Crippen LogP contribution >= 0.6 is 9.24 Å². The van der Waals surface area contributed by atoms with Crippen molar-refractivity contribution >= 4 is 26.5 Å². The molecule has 6 heteroatoms. The van der Waals surface area contributed by atoms with Gasteiger partial charge in [-0.25, -0.2) is 4.39 Å². The highest BCUT2D eigenvalue weighted by Crippen LogP contribution is 2.15. The van der Waals surface area contributed by atoms with Crippen LogP contribution in [0.1, 0.15) is 10.4 Å². The van der Waals surface area contributed by atoms with Crippen LogP contribution in [0.15, 0.2) is 12.1 Å². The summed E-state index contributed by atoms with van der Waals surface area (Å²) in [6.45, 7) is 0. The number of nitrogens with zero attached hydrogens (tertiary/aromatic N) is 1. The number of halogens is 1. The first-order valence-corrected chi connectivity index (χ1v) is 3.83. The molecule has 0 bridgehead atoms. The van der Waals surface area contributed by atoms with E-state index in [-0.39, 0.29) is 22.8 Å². The number of aldehydes is 1. The summed E-state index contributed by atoms with van der Waals surface area (Å²) in [4.78, 5) is 20.0. The maximum absolute atomic E-state index is 12.8. The predicted molar refractivity (Wildman–Crippen MR) is 47.8 cm³/mol. The molecular weight excluding hydrogens is 196 g/mol. The molecule has 1 rings (SSSR count). The van der Waals surface area contributed by atoms with E-state index in [1.165, 1.54) is 0 Å². The van der Waals surface area contributed by atoms with Crippen LogP contribution in [-0.2, 0) is 0 Å². The fourth-order valence-corrected chi connectivity index (χ4v) is 1.28. The van der Waals surface area contributed by atoms with Crippen LogP contribution in [-0.4, -0.2) is 11.2 Å². The van der Waals surface area contributed by atoms with Gasteiger partial charge in [-0.15, -0.1) is 0 Å². The summed E-state index contributed by atoms with van der Waals surface area (Å²) in [5.74, 6) is -0.759. The van der Waals surface area contributed by atoms with Crippen LogP contribution in [0.2, 0.25) is 0 Å². The summed E-state index contributed by atoms with van der Waals surface area (Å²) in [7, 11) is 1.98. The third kappa shape index (κ3) is 1.70. The third-order valence-electron chi connectivity index (χ3n) is 1.53. The van der Waals surface area contributed by atoms with Gasteiger partial charge in [-0.2, -0.15) is 0 Å². The average Bonchev–Trinajstić information content (AvgIpc) is 2.04. The van der Waals surface area contributed by atoms with E-state index < -0.39 is 10.7 Å². The molecule has 0 saturated carbocycles. The normalized spacial score (nSPS) is 9.69. The Morgan fingerprint density at radius 1 is 1.54 bits per heavy atom. The third-order valence-corrected chi connectivity index (χ3v) is 2.13. The Kier molecular flexibility index (Phi) is 2.68. The highest BCUT2D eigenvalue weighted by atomic mass is 31.0. The van der Waals surface area contributed by atoms with Crippen molar-refractivity contribution in [2.45, 2.75) is 0 Å². The zero-order valence-corrected chi connectivity index (χ0v) is 7.51. The molecule has 1 aromatic carbocycles. The minimum Gasteiger partial charge on any atom is -0.298 e. The second kappa shape index (κ2) is 3.58. The Bertz CT molecular complexity index is 380. The Labute approximate surface area is 75.1 Å². The van der Waals surface area contributed by atoms with Gasteiger partial charge < -0.3 is 0 Å². The Balaban J connectivity index is 3.44. The first-order valence-electron chi connectivity index (χ1n) is 3.25. The molecule has 1 unspecified atom stereocenters. The number of rotatable bonds is 2. The molecule has 0 fully saturated rings. The lowest BCUT2D eigenvalue weighted by atomic mass is 10.2. The second-order valence-corrected chi connectivity index (χ2v) is 2.85. The number of hydrogen-bond acceptors (Lipinski definition) is 3. The summed E-state index contributed by atoms with van der Waals surface area (Å²) in [5.41, 5.74) is -0.576. The molecule has 4 nitrogen and oxygen atoms in total. The van der Waals surface area contributed by atoms with Crippen molar-refractivity contribution in [3.63, 3.8) is 0 Å². The summed E-state index contributed by atoms with van der Waals surface area (Å²) >= 11 is 0. The lowest BCUT2D eigenvalue weighted by molar-refractivity contribution is -0.383. The first-order chi connectivity index (χ1) is 6.07. The number of carbonyl (C=O) groups excluding carboxylic acids is 1. The number of benzene rings is 1. The summed E-state index contributed by atoms with van der Waals surface area (Å²) < 4.78 is 12.8. The van der Waals surface area contributed by atoms with E-state index in [1.54, 1.807) is 0 Å². The van der Waals surface area contributed by atoms with E-state index >= 15 is 0 Å². The predicted octanol–water partition coefficient (Wildman–Crippen LogP) is 1.05. The lowest BCUT2D eigenvalue weighted by Crippen LogP contribution is -2.09. The maximum atomic E-state index is 12.8. The summed E-state index contributed by atoms with van der Waals surface area (Å²) in [6, 6.07) is 1.92. The molecule has 0 heterocycles. The van der Waals surface area contributed by atoms with Crippen LogP contribution in [0.3, 0.4) is 0 Å². The summed E-state index contributed by atoms with van der Waals surface area (Å²) in [6.07, 6.45) is 0.255. The van der Waals surface area contributed by atoms with Gasteiger partial charge in [0.2, 0.25) is 0 Å². The fraction of sp³-hybridized carbons (Fsp3) is 0. The average molecular weight is 201 g/mol. The van der Waals surface area contributed by atoms with Gasteiger partial charge in [0, 0.05) is 6.07 Å². The number of nitro benzene ring substituents is 1. The molecule has 1 aromatic rings. The number of carbonyl (C=O) groups is 1. The minimum atomic E-state index is -0.759. The van der Waals surface area contributed by atoms with Crippen LogP contribution in [0.5, 0.6) is 0 Å². The van der Waals surface area contributed by atoms with Gasteiger partial charge in [0.15, 0.2) is 6.29 Å². The molecule has 0 aliphatic heterocycles. The van der Waals surface area contributed by atoms with Crippen LogP contribution in [0, 0.1) is 15.9 Å². The van der Waals surface area contributed by atoms with E-state index in [4.69, 9.17) is 0 Å². The Morgan fingerprint density at radius 3 is 2.62 bits per heavy atom. The topological polar surface area (TPSA) is 60.2 Å². The quantitative estimate of drug-likeness (QED) is 0.311. The fourth-order valence-electron chi connectivity index (χ4n) is 0.877. The molecule has 0 aromatic heterocycles. The van der Waals surface area contributed by atoms with Gasteiger partial charge in [-0.05, 0) is 6.07 Å². The largest absolute Gasteiger partial charge is 0.298 e. The smallest absolute Gasteiger partial charge is 0.277 e. The molecule has 68 valence electrons. The molecule has 0 aliphatic rings. The van der Waals surface area contributed by atoms with Gasteiger partial charge in [-0.3, -0.25) is 14.9 Å². The van der Waals surface area contributed by atoms with E-state index in [2.05, 4.69) is 0 Å². The van der Waals surface area contributed by atoms with Gasteiger partial charge in [0.25, 0.3) is 5.69 Å². The van der Waals surface area contributed by atoms with Crippen molar-refractivity contribution in [3.05, 3.63) is 33.6 Å². The molecule has 0 radical (unpaired) electrons. The minimum absolute atomic E-state index is 0.0278. The molecule has 13 heavy (non-hydrogen) atoms. The van der Waals surface area contributed by atoms with E-state index in [9.17, 15) is 19.3 Å². The van der Waals surface area contributed by atoms with Crippen molar-refractivity contribution in [2.75, 3.05) is 0 Å². The number of hydrogen-bond donors (Lipinski definition) is 0. The van der Waals surface area contributed by atoms with Crippen LogP contribution in [0.25, 0.3) is 0 Å². The molecule has 1 atom stereocenters. The summed E-state index contributed by atoms with van der Waals surface area (Å²) in [5, 5.41) is 10.3. The molecule has 0 saturated heterocycles. The molecule has 0 N–H and O–H groups in total. The van der Waals surface area contributed by atoms with Crippen LogP contribution in [0.4, 0.5) is 10.1 Å². The monoisotopic (exact) mass is 201 g/mol. The lowest BCUT2D eigenvalue weighted by Gasteiger charge is -2.00. The molecule has 0 amide bonds. The standard InChI is InChI=1S/C7H5FNO3P/c8-5-1-2-6(9(11)12)7(13)4(5)3-10/h1-3H,13H2. The SMILES string of the molecule is O=Cc1c(F)ccc([N+](=O)[O-])c1P. The second-order valence-electron chi connectivity index (χ2n) is 2.27. The maximum Gasteiger partial charge on any atom is 0.277 e. The van der Waals surface area contributed by atoms with Crippen molar-refractivity contribution < 1.29 is 14.1 Å². The van der Waals surface area contributed by atoms with Gasteiger partial charge in [0.1, 0.15) is 5.82 Å². The van der Waals surface area contributed by atoms with Gasteiger partial charge in [-0.1, -0.05) is 9.24 Å². The van der Waals surface area contributed by atoms with E-state index in [0.717, 1.165) is 12.1 Å². The Hall–Kier alpha value is -1.35. The van der Waals surface area contributed by atoms with Crippen LogP contribution < -0.4 is 5.30 Å². The van der Waals surface area contributed by atoms with E-state index in [0.29, 0.717) is 0 Å². The van der Waals surface area contributed by atoms with E-state index in [1.807, 2.05) is 9.24 Å². The highest BCUT2D eigenvalue weighted by molar-refractivity contribution is 7.28. The first kappa shape index (κ1) is 9.74. The Morgan fingerprint density at radius 2 is 2.15 bits per heavy atom. The van der Waals surface area contributed by atoms with Crippen molar-refractivity contribution in [1.82, 2.24) is 0 Å². The van der Waals surface area contributed by atoms with Crippen molar-refractivity contribution in [3.8, 4) is 0 Å². The zero-order chi connectivity index (χ0) is 10.0. The molecular formula is C7H5FNO3P. The molecule has 0 spiro atoms. The number of nitro groups is 1.